The first-order valence-electron chi connectivity index (χ1n) is 11.0. The van der Waals surface area contributed by atoms with Crippen LogP contribution in [0.3, 0.4) is 0 Å². The van der Waals surface area contributed by atoms with E-state index in [1.807, 2.05) is 12.1 Å². The standard InChI is InChI=1S/C30H19N3/c1-31-28-18-23(19-9-3-2-4-10-19)29-25-16-21-12-6-5-11-20(21)15-24(25)26-17-22-13-7-8-14-27(22)32-30(26)33(28)29/h2-18H,1H2. The van der Waals surface area contributed by atoms with Gasteiger partial charge in [-0.05, 0) is 58.8 Å². The van der Waals surface area contributed by atoms with Crippen LogP contribution in [0, 0.1) is 0 Å². The third-order valence-electron chi connectivity index (χ3n) is 6.57. The lowest BCUT2D eigenvalue weighted by atomic mass is 9.98. The van der Waals surface area contributed by atoms with Gasteiger partial charge in [0.05, 0.1) is 11.0 Å². The summed E-state index contributed by atoms with van der Waals surface area (Å²) in [6.45, 7) is 3.89. The molecule has 0 amide bonds. The molecule has 4 aromatic carbocycles. The van der Waals surface area contributed by atoms with Gasteiger partial charge in [-0.15, -0.1) is 0 Å². The van der Waals surface area contributed by atoms with Crippen LogP contribution in [0.2, 0.25) is 0 Å². The van der Waals surface area contributed by atoms with Gasteiger partial charge in [0, 0.05) is 21.7 Å². The van der Waals surface area contributed by atoms with E-state index in [0.717, 1.165) is 44.4 Å². The normalized spacial score (nSPS) is 11.8. The average molecular weight is 422 g/mol. The van der Waals surface area contributed by atoms with E-state index in [1.54, 1.807) is 0 Å². The summed E-state index contributed by atoms with van der Waals surface area (Å²) in [5, 5.41) is 7.06. The van der Waals surface area contributed by atoms with Crippen molar-refractivity contribution in [1.82, 2.24) is 9.38 Å². The molecule has 3 aromatic heterocycles. The van der Waals surface area contributed by atoms with Gasteiger partial charge in [-0.3, -0.25) is 4.40 Å². The van der Waals surface area contributed by atoms with Gasteiger partial charge in [0.2, 0.25) is 0 Å². The summed E-state index contributed by atoms with van der Waals surface area (Å²) in [7, 11) is 0. The Morgan fingerprint density at radius 1 is 0.636 bits per heavy atom. The predicted octanol–water partition coefficient (Wildman–Crippen LogP) is 7.95. The first kappa shape index (κ1) is 18.1. The van der Waals surface area contributed by atoms with Gasteiger partial charge in [0.25, 0.3) is 0 Å². The molecule has 3 heteroatoms. The minimum absolute atomic E-state index is 0.798. The molecule has 0 saturated carbocycles. The summed E-state index contributed by atoms with van der Waals surface area (Å²) in [5.74, 6) is 0.798. The summed E-state index contributed by atoms with van der Waals surface area (Å²) < 4.78 is 2.17. The van der Waals surface area contributed by atoms with Gasteiger partial charge in [0.15, 0.2) is 0 Å². The Morgan fingerprint density at radius 2 is 1.27 bits per heavy atom. The van der Waals surface area contributed by atoms with Crippen LogP contribution in [0.15, 0.2) is 108 Å². The third kappa shape index (κ3) is 2.56. The van der Waals surface area contributed by atoms with Crippen molar-refractivity contribution in [3.8, 4) is 11.1 Å². The van der Waals surface area contributed by atoms with Gasteiger partial charge in [-0.25, -0.2) is 9.98 Å². The predicted molar refractivity (Wildman–Crippen MR) is 140 cm³/mol. The highest BCUT2D eigenvalue weighted by Gasteiger charge is 2.19. The molecule has 0 radical (unpaired) electrons. The van der Waals surface area contributed by atoms with Crippen molar-refractivity contribution in [3.63, 3.8) is 0 Å². The lowest BCUT2D eigenvalue weighted by Gasteiger charge is -2.13. The highest BCUT2D eigenvalue weighted by atomic mass is 15.1. The monoisotopic (exact) mass is 421 g/mol. The first-order chi connectivity index (χ1) is 16.3. The van der Waals surface area contributed by atoms with Crippen molar-refractivity contribution in [2.75, 3.05) is 0 Å². The molecule has 3 heterocycles. The number of rotatable bonds is 2. The van der Waals surface area contributed by atoms with Crippen molar-refractivity contribution in [3.05, 3.63) is 103 Å². The van der Waals surface area contributed by atoms with Crippen LogP contribution in [-0.2, 0) is 0 Å². The number of nitrogens with zero attached hydrogens (tertiary/aromatic N) is 3. The van der Waals surface area contributed by atoms with Crippen LogP contribution in [0.25, 0.3) is 60.1 Å². The van der Waals surface area contributed by atoms with E-state index in [-0.39, 0.29) is 0 Å². The van der Waals surface area contributed by atoms with Gasteiger partial charge >= 0.3 is 0 Å². The highest BCUT2D eigenvalue weighted by molar-refractivity contribution is 6.20. The minimum Gasteiger partial charge on any atom is -0.277 e. The topological polar surface area (TPSA) is 29.7 Å². The average Bonchev–Trinajstić information content (AvgIpc) is 3.27. The van der Waals surface area contributed by atoms with Crippen molar-refractivity contribution in [2.45, 2.75) is 0 Å². The van der Waals surface area contributed by atoms with Crippen LogP contribution < -0.4 is 0 Å². The maximum atomic E-state index is 5.13. The van der Waals surface area contributed by atoms with Gasteiger partial charge in [-0.1, -0.05) is 72.8 Å². The molecule has 0 N–H and O–H groups in total. The van der Waals surface area contributed by atoms with E-state index in [0.29, 0.717) is 0 Å². The number of benzene rings is 4. The molecule has 7 rings (SSSR count). The Morgan fingerprint density at radius 3 is 2.03 bits per heavy atom. The Bertz CT molecular complexity index is 1880. The van der Waals surface area contributed by atoms with E-state index >= 15 is 0 Å². The summed E-state index contributed by atoms with van der Waals surface area (Å²) in [5.41, 5.74) is 5.27. The van der Waals surface area contributed by atoms with E-state index in [9.17, 15) is 0 Å². The molecule has 0 fully saturated rings. The van der Waals surface area contributed by atoms with Crippen molar-refractivity contribution in [2.24, 2.45) is 4.99 Å². The van der Waals surface area contributed by atoms with Gasteiger partial charge in [-0.2, -0.15) is 0 Å². The quantitative estimate of drug-likeness (QED) is 0.158. The smallest absolute Gasteiger partial charge is 0.147 e. The van der Waals surface area contributed by atoms with Crippen LogP contribution in [0.4, 0.5) is 5.82 Å². The Balaban J connectivity index is 1.81. The molecule has 7 aromatic rings. The fourth-order valence-corrected chi connectivity index (χ4v) is 5.06. The zero-order valence-electron chi connectivity index (χ0n) is 17.9. The van der Waals surface area contributed by atoms with Gasteiger partial charge in [0.1, 0.15) is 11.5 Å². The molecule has 154 valence electrons. The Hall–Kier alpha value is -4.50. The van der Waals surface area contributed by atoms with Crippen molar-refractivity contribution >= 4 is 61.5 Å². The minimum atomic E-state index is 0.798. The molecule has 0 unspecified atom stereocenters. The van der Waals surface area contributed by atoms with Crippen LogP contribution in [-0.4, -0.2) is 16.1 Å². The number of pyridine rings is 2. The molecule has 0 bridgehead atoms. The summed E-state index contributed by atoms with van der Waals surface area (Å²) in [4.78, 5) is 9.54. The molecule has 3 nitrogen and oxygen atoms in total. The number of aliphatic imine (C=N–C) groups is 1. The first-order valence-corrected chi connectivity index (χ1v) is 11.0. The van der Waals surface area contributed by atoms with Crippen molar-refractivity contribution in [1.29, 1.82) is 0 Å². The SMILES string of the molecule is C=Nc1cc(-c2ccccc2)c2c3cc4ccccc4cc3c3cc4ccccc4nc3n12. The largest absolute Gasteiger partial charge is 0.277 e. The summed E-state index contributed by atoms with van der Waals surface area (Å²) in [6, 6.07) is 36.3. The van der Waals surface area contributed by atoms with Crippen molar-refractivity contribution < 1.29 is 0 Å². The second-order valence-electron chi connectivity index (χ2n) is 8.42. The molecule has 0 aliphatic rings. The maximum absolute atomic E-state index is 5.13. The van der Waals surface area contributed by atoms with Crippen LogP contribution >= 0.6 is 0 Å². The molecule has 0 spiro atoms. The fraction of sp³-hybridized carbons (Fsp3) is 0. The zero-order chi connectivity index (χ0) is 21.9. The second kappa shape index (κ2) is 6.75. The zero-order valence-corrected chi connectivity index (χ0v) is 17.9. The molecule has 0 aliphatic heterocycles. The Labute approximate surface area is 190 Å². The maximum Gasteiger partial charge on any atom is 0.147 e. The number of aromatic nitrogens is 2. The third-order valence-corrected chi connectivity index (χ3v) is 6.57. The summed E-state index contributed by atoms with van der Waals surface area (Å²) in [6.07, 6.45) is 0. The van der Waals surface area contributed by atoms with E-state index in [1.165, 1.54) is 21.5 Å². The highest BCUT2D eigenvalue weighted by Crippen LogP contribution is 2.41. The fourth-order valence-electron chi connectivity index (χ4n) is 5.06. The molecular weight excluding hydrogens is 402 g/mol. The number of para-hydroxylation sites is 1. The second-order valence-corrected chi connectivity index (χ2v) is 8.42. The molecule has 0 aliphatic carbocycles. The van der Waals surface area contributed by atoms with E-state index in [2.05, 4.69) is 107 Å². The van der Waals surface area contributed by atoms with Crippen LogP contribution in [0.1, 0.15) is 0 Å². The van der Waals surface area contributed by atoms with E-state index in [4.69, 9.17) is 4.98 Å². The molecule has 33 heavy (non-hydrogen) atoms. The lowest BCUT2D eigenvalue weighted by Crippen LogP contribution is -1.95. The number of hydrogen-bond donors (Lipinski definition) is 0. The molecular formula is C30H19N3. The lowest BCUT2D eigenvalue weighted by molar-refractivity contribution is 1.21. The molecule has 0 saturated heterocycles. The number of hydrogen-bond acceptors (Lipinski definition) is 2. The van der Waals surface area contributed by atoms with Gasteiger partial charge < -0.3 is 0 Å². The van der Waals surface area contributed by atoms with E-state index < -0.39 is 0 Å². The Kier molecular flexibility index (Phi) is 3.70. The number of fused-ring (bicyclic) bond motifs is 8. The van der Waals surface area contributed by atoms with Crippen LogP contribution in [0.5, 0.6) is 0 Å². The molecule has 0 atom stereocenters. The summed E-state index contributed by atoms with van der Waals surface area (Å²) >= 11 is 0.